The van der Waals surface area contributed by atoms with E-state index in [1.165, 1.54) is 0 Å². The van der Waals surface area contributed by atoms with Crippen LogP contribution in [0, 0.1) is 19.3 Å². The summed E-state index contributed by atoms with van der Waals surface area (Å²) < 4.78 is 0. The first kappa shape index (κ1) is 13.8. The molecular formula is C14H22N4O. The third-order valence-corrected chi connectivity index (χ3v) is 3.72. The zero-order chi connectivity index (χ0) is 14.0. The molecule has 2 rings (SSSR count). The Morgan fingerprint density at radius 1 is 1.37 bits per heavy atom. The maximum atomic E-state index is 12.0. The van der Waals surface area contributed by atoms with Crippen LogP contribution < -0.4 is 10.2 Å². The number of hydrogen-bond donors (Lipinski definition) is 1. The van der Waals surface area contributed by atoms with Gasteiger partial charge >= 0.3 is 0 Å². The van der Waals surface area contributed by atoms with Gasteiger partial charge < -0.3 is 10.2 Å². The Bertz CT molecular complexity index is 468. The Morgan fingerprint density at radius 2 is 2.00 bits per heavy atom. The Kier molecular flexibility index (Phi) is 3.73. The molecule has 1 N–H and O–H groups in total. The van der Waals surface area contributed by atoms with Crippen LogP contribution in [0.25, 0.3) is 0 Å². The number of aromatic nitrogens is 2. The summed E-state index contributed by atoms with van der Waals surface area (Å²) in [6.07, 6.45) is 1.90. The first-order valence-electron chi connectivity index (χ1n) is 6.74. The molecule has 1 saturated heterocycles. The van der Waals surface area contributed by atoms with Gasteiger partial charge in [-0.2, -0.15) is 0 Å². The van der Waals surface area contributed by atoms with Crippen molar-refractivity contribution in [2.45, 2.75) is 33.6 Å². The van der Waals surface area contributed by atoms with Gasteiger partial charge in [-0.25, -0.2) is 9.97 Å². The summed E-state index contributed by atoms with van der Waals surface area (Å²) in [5.41, 5.74) is 1.58. The van der Waals surface area contributed by atoms with E-state index in [1.807, 2.05) is 26.8 Å². The fourth-order valence-electron chi connectivity index (χ4n) is 2.75. The third kappa shape index (κ3) is 2.85. The monoisotopic (exact) mass is 262 g/mol. The van der Waals surface area contributed by atoms with Gasteiger partial charge in [0.25, 0.3) is 0 Å². The molecule has 2 heterocycles. The molecule has 0 aromatic carbocycles. The number of nitrogens with zero attached hydrogens (tertiary/aromatic N) is 3. The van der Waals surface area contributed by atoms with Gasteiger partial charge in [0, 0.05) is 31.5 Å². The molecule has 1 atom stereocenters. The molecule has 1 fully saturated rings. The fourth-order valence-corrected chi connectivity index (χ4v) is 2.75. The molecule has 1 aromatic heterocycles. The molecule has 1 aromatic rings. The van der Waals surface area contributed by atoms with Gasteiger partial charge in [-0.15, -0.1) is 0 Å². The lowest BCUT2D eigenvalue weighted by atomic mass is 9.81. The van der Waals surface area contributed by atoms with E-state index in [-0.39, 0.29) is 11.3 Å². The number of carbonyl (C=O) groups excluding carboxylic acids is 1. The highest BCUT2D eigenvalue weighted by molar-refractivity contribution is 5.82. The minimum atomic E-state index is -0.353. The van der Waals surface area contributed by atoms with Gasteiger partial charge in [0.2, 0.25) is 11.9 Å². The van der Waals surface area contributed by atoms with Gasteiger partial charge in [0.05, 0.1) is 5.41 Å². The Labute approximate surface area is 114 Å². The molecule has 19 heavy (non-hydrogen) atoms. The number of rotatable bonds is 2. The lowest BCUT2D eigenvalue weighted by molar-refractivity contribution is -0.130. The first-order valence-corrected chi connectivity index (χ1v) is 6.74. The largest absolute Gasteiger partial charge is 0.359 e. The van der Waals surface area contributed by atoms with Crippen molar-refractivity contribution in [1.29, 1.82) is 0 Å². The van der Waals surface area contributed by atoms with Crippen molar-refractivity contribution < 1.29 is 4.79 Å². The second-order valence-electron chi connectivity index (χ2n) is 5.62. The molecule has 5 heteroatoms. The average Bonchev–Trinajstić information content (AvgIpc) is 2.36. The Hall–Kier alpha value is -1.65. The van der Waals surface area contributed by atoms with E-state index in [9.17, 15) is 4.79 Å². The Morgan fingerprint density at radius 3 is 2.58 bits per heavy atom. The standard InChI is InChI=1S/C14H22N4O/c1-10-8-11(2)17-13(16-10)18-7-5-6-14(3,9-18)12(19)15-4/h8H,5-7,9H2,1-4H3,(H,15,19)/t14-/m1/s1. The molecule has 1 aliphatic rings. The molecular weight excluding hydrogens is 240 g/mol. The van der Waals surface area contributed by atoms with E-state index in [4.69, 9.17) is 0 Å². The first-order chi connectivity index (χ1) is 8.94. The normalized spacial score (nSPS) is 23.3. The average molecular weight is 262 g/mol. The number of anilines is 1. The van der Waals surface area contributed by atoms with Crippen LogP contribution in [0.3, 0.4) is 0 Å². The number of hydrogen-bond acceptors (Lipinski definition) is 4. The number of piperidine rings is 1. The van der Waals surface area contributed by atoms with E-state index in [2.05, 4.69) is 20.2 Å². The van der Waals surface area contributed by atoms with Crippen molar-refractivity contribution in [3.8, 4) is 0 Å². The van der Waals surface area contributed by atoms with Crippen LogP contribution in [0.15, 0.2) is 6.07 Å². The van der Waals surface area contributed by atoms with E-state index in [1.54, 1.807) is 7.05 Å². The summed E-state index contributed by atoms with van der Waals surface area (Å²) in [5, 5.41) is 2.76. The van der Waals surface area contributed by atoms with Gasteiger partial charge in [0.15, 0.2) is 0 Å². The van der Waals surface area contributed by atoms with Crippen LogP contribution in [0.1, 0.15) is 31.2 Å². The minimum absolute atomic E-state index is 0.0987. The summed E-state index contributed by atoms with van der Waals surface area (Å²) >= 11 is 0. The van der Waals surface area contributed by atoms with E-state index >= 15 is 0 Å². The maximum absolute atomic E-state index is 12.0. The summed E-state index contributed by atoms with van der Waals surface area (Å²) in [5.74, 6) is 0.842. The molecule has 0 unspecified atom stereocenters. The van der Waals surface area contributed by atoms with Crippen molar-refractivity contribution in [1.82, 2.24) is 15.3 Å². The lowest BCUT2D eigenvalue weighted by Crippen LogP contribution is -2.50. The third-order valence-electron chi connectivity index (χ3n) is 3.72. The molecule has 0 bridgehead atoms. The lowest BCUT2D eigenvalue weighted by Gasteiger charge is -2.39. The van der Waals surface area contributed by atoms with Crippen LogP contribution in [-0.2, 0) is 4.79 Å². The fraction of sp³-hybridized carbons (Fsp3) is 0.643. The smallest absolute Gasteiger partial charge is 0.227 e. The second kappa shape index (κ2) is 5.15. The number of aryl methyl sites for hydroxylation is 2. The number of nitrogens with one attached hydrogen (secondary N) is 1. The van der Waals surface area contributed by atoms with Crippen molar-refractivity contribution in [3.05, 3.63) is 17.5 Å². The quantitative estimate of drug-likeness (QED) is 0.876. The van der Waals surface area contributed by atoms with E-state index in [0.717, 1.165) is 36.7 Å². The molecule has 0 spiro atoms. The maximum Gasteiger partial charge on any atom is 0.227 e. The van der Waals surface area contributed by atoms with E-state index < -0.39 is 0 Å². The van der Waals surface area contributed by atoms with Crippen molar-refractivity contribution in [2.24, 2.45) is 5.41 Å². The zero-order valence-corrected chi connectivity index (χ0v) is 12.2. The van der Waals surface area contributed by atoms with Crippen LogP contribution in [-0.4, -0.2) is 36.0 Å². The van der Waals surface area contributed by atoms with Crippen molar-refractivity contribution in [3.63, 3.8) is 0 Å². The van der Waals surface area contributed by atoms with E-state index in [0.29, 0.717) is 6.54 Å². The van der Waals surface area contributed by atoms with Crippen molar-refractivity contribution >= 4 is 11.9 Å². The summed E-state index contributed by atoms with van der Waals surface area (Å²) in [7, 11) is 1.69. The predicted octanol–water partition coefficient (Wildman–Crippen LogP) is 1.45. The molecule has 0 aliphatic carbocycles. The van der Waals surface area contributed by atoms with Gasteiger partial charge in [-0.05, 0) is 39.7 Å². The molecule has 5 nitrogen and oxygen atoms in total. The Balaban J connectivity index is 2.23. The summed E-state index contributed by atoms with van der Waals surface area (Å²) in [4.78, 5) is 23.1. The highest BCUT2D eigenvalue weighted by Crippen LogP contribution is 2.31. The van der Waals surface area contributed by atoms with Gasteiger partial charge in [-0.1, -0.05) is 0 Å². The number of amides is 1. The summed E-state index contributed by atoms with van der Waals surface area (Å²) in [6, 6.07) is 1.96. The second-order valence-corrected chi connectivity index (χ2v) is 5.62. The number of carbonyl (C=O) groups is 1. The van der Waals surface area contributed by atoms with Crippen molar-refractivity contribution in [2.75, 3.05) is 25.0 Å². The summed E-state index contributed by atoms with van der Waals surface area (Å²) in [6.45, 7) is 7.55. The van der Waals surface area contributed by atoms with Gasteiger partial charge in [0.1, 0.15) is 0 Å². The molecule has 0 radical (unpaired) electrons. The minimum Gasteiger partial charge on any atom is -0.359 e. The SMILES string of the molecule is CNC(=O)[C@]1(C)CCCN(c2nc(C)cc(C)n2)C1. The topological polar surface area (TPSA) is 58.1 Å². The predicted molar refractivity (Wildman–Crippen MR) is 75.1 cm³/mol. The highest BCUT2D eigenvalue weighted by Gasteiger charge is 2.38. The molecule has 1 aliphatic heterocycles. The van der Waals surface area contributed by atoms with Gasteiger partial charge in [-0.3, -0.25) is 4.79 Å². The van der Waals surface area contributed by atoms with Crippen LogP contribution >= 0.6 is 0 Å². The highest BCUT2D eigenvalue weighted by atomic mass is 16.2. The van der Waals surface area contributed by atoms with Crippen LogP contribution in [0.2, 0.25) is 0 Å². The zero-order valence-electron chi connectivity index (χ0n) is 12.2. The van der Waals surface area contributed by atoms with Crippen LogP contribution in [0.5, 0.6) is 0 Å². The molecule has 0 saturated carbocycles. The molecule has 1 amide bonds. The van der Waals surface area contributed by atoms with Crippen LogP contribution in [0.4, 0.5) is 5.95 Å². The molecule has 104 valence electrons.